The number of carbonyl (C=O) groups is 1. The van der Waals surface area contributed by atoms with E-state index in [2.05, 4.69) is 18.2 Å². The van der Waals surface area contributed by atoms with Crippen molar-refractivity contribution < 1.29 is 19.0 Å². The lowest BCUT2D eigenvalue weighted by atomic mass is 10.1. The molecule has 0 aliphatic carbocycles. The molecule has 0 bridgehead atoms. The summed E-state index contributed by atoms with van der Waals surface area (Å²) in [7, 11) is 0. The molecule has 0 atom stereocenters. The van der Waals surface area contributed by atoms with Crippen LogP contribution in [-0.4, -0.2) is 19.4 Å². The summed E-state index contributed by atoms with van der Waals surface area (Å²) in [6.07, 6.45) is 15.7. The summed E-state index contributed by atoms with van der Waals surface area (Å²) in [4.78, 5) is 11.1. The van der Waals surface area contributed by atoms with Gasteiger partial charge >= 0.3 is 5.97 Å². The van der Waals surface area contributed by atoms with Gasteiger partial charge in [0.25, 0.3) is 0 Å². The van der Waals surface area contributed by atoms with Crippen molar-refractivity contribution in [1.29, 1.82) is 0 Å². The minimum Gasteiger partial charge on any atom is -0.463 e. The number of hydrogen-bond acceptors (Lipinski definition) is 4. The molecule has 0 radical (unpaired) electrons. The second kappa shape index (κ2) is 10.3. The van der Waals surface area contributed by atoms with Gasteiger partial charge in [-0.15, -0.1) is 0 Å². The van der Waals surface area contributed by atoms with Crippen molar-refractivity contribution in [3.8, 4) is 11.5 Å². The summed E-state index contributed by atoms with van der Waals surface area (Å²) in [6, 6.07) is 5.97. The van der Waals surface area contributed by atoms with E-state index < -0.39 is 0 Å². The molecular weight excluding hydrogens is 304 g/mol. The second-order valence-electron chi connectivity index (χ2n) is 5.34. The molecule has 24 heavy (non-hydrogen) atoms. The molecule has 0 spiro atoms. The zero-order valence-corrected chi connectivity index (χ0v) is 14.1. The molecule has 1 aliphatic rings. The summed E-state index contributed by atoms with van der Waals surface area (Å²) in [5.41, 5.74) is 1.13. The van der Waals surface area contributed by atoms with Crippen LogP contribution in [0.25, 0.3) is 6.08 Å². The average molecular weight is 328 g/mol. The molecule has 0 amide bonds. The highest BCUT2D eigenvalue weighted by atomic mass is 16.7. The van der Waals surface area contributed by atoms with Gasteiger partial charge in [-0.05, 0) is 50.3 Å². The van der Waals surface area contributed by atoms with Crippen LogP contribution >= 0.6 is 0 Å². The number of hydrogen-bond donors (Lipinski definition) is 0. The van der Waals surface area contributed by atoms with Crippen molar-refractivity contribution in [2.24, 2.45) is 0 Å². The number of allylic oxidation sites excluding steroid dienone is 4. The van der Waals surface area contributed by atoms with Gasteiger partial charge in [0.1, 0.15) is 0 Å². The zero-order valence-electron chi connectivity index (χ0n) is 14.1. The highest BCUT2D eigenvalue weighted by Gasteiger charge is 2.11. The van der Waals surface area contributed by atoms with Crippen LogP contribution in [0.3, 0.4) is 0 Å². The number of ether oxygens (including phenoxy) is 3. The average Bonchev–Trinajstić information content (AvgIpc) is 3.04. The van der Waals surface area contributed by atoms with Gasteiger partial charge in [-0.25, -0.2) is 4.79 Å². The molecule has 1 aromatic carbocycles. The fraction of sp³-hybridized carbons (Fsp3) is 0.350. The van der Waals surface area contributed by atoms with Gasteiger partial charge in [-0.1, -0.05) is 36.4 Å². The van der Waals surface area contributed by atoms with Crippen LogP contribution in [0, 0.1) is 0 Å². The quantitative estimate of drug-likeness (QED) is 0.286. The lowest BCUT2D eigenvalue weighted by Crippen LogP contribution is -1.98. The Morgan fingerprint density at radius 2 is 1.92 bits per heavy atom. The lowest BCUT2D eigenvalue weighted by Gasteiger charge is -1.98. The Morgan fingerprint density at radius 1 is 1.12 bits per heavy atom. The van der Waals surface area contributed by atoms with E-state index in [1.165, 1.54) is 6.08 Å². The van der Waals surface area contributed by atoms with E-state index in [9.17, 15) is 4.79 Å². The number of carbonyl (C=O) groups excluding carboxylic acids is 1. The molecule has 0 fully saturated rings. The van der Waals surface area contributed by atoms with Gasteiger partial charge in [0.15, 0.2) is 11.5 Å². The first-order valence-electron chi connectivity index (χ1n) is 8.35. The van der Waals surface area contributed by atoms with Crippen molar-refractivity contribution in [2.45, 2.75) is 32.6 Å². The zero-order chi connectivity index (χ0) is 17.0. The number of benzene rings is 1. The summed E-state index contributed by atoms with van der Waals surface area (Å²) in [6.45, 7) is 2.51. The molecule has 0 saturated heterocycles. The van der Waals surface area contributed by atoms with Crippen LogP contribution in [0.5, 0.6) is 11.5 Å². The summed E-state index contributed by atoms with van der Waals surface area (Å²) >= 11 is 0. The summed E-state index contributed by atoms with van der Waals surface area (Å²) < 4.78 is 15.4. The standard InChI is InChI=1S/C20H24O4/c1-2-22-20(21)12-10-8-6-4-3-5-7-9-11-17-13-14-18-19(15-17)24-16-23-18/h6,8-15H,2-5,7,16H2,1H3/b8-6+,11-9+,12-10+. The fourth-order valence-electron chi connectivity index (χ4n) is 2.26. The van der Waals surface area contributed by atoms with Gasteiger partial charge in [0, 0.05) is 6.08 Å². The first-order valence-corrected chi connectivity index (χ1v) is 8.35. The first kappa shape index (κ1) is 17.9. The molecule has 1 aromatic rings. The Morgan fingerprint density at radius 3 is 2.75 bits per heavy atom. The molecule has 128 valence electrons. The van der Waals surface area contributed by atoms with Gasteiger partial charge in [0.05, 0.1) is 6.61 Å². The minimum atomic E-state index is -0.296. The number of rotatable bonds is 9. The van der Waals surface area contributed by atoms with Crippen LogP contribution in [0.2, 0.25) is 0 Å². The van der Waals surface area contributed by atoms with E-state index in [4.69, 9.17) is 14.2 Å². The van der Waals surface area contributed by atoms with Crippen LogP contribution < -0.4 is 9.47 Å². The van der Waals surface area contributed by atoms with Crippen LogP contribution in [-0.2, 0) is 9.53 Å². The largest absolute Gasteiger partial charge is 0.463 e. The lowest BCUT2D eigenvalue weighted by molar-refractivity contribution is -0.137. The van der Waals surface area contributed by atoms with Crippen molar-refractivity contribution in [1.82, 2.24) is 0 Å². The Hall–Kier alpha value is -2.49. The Kier molecular flexibility index (Phi) is 7.68. The van der Waals surface area contributed by atoms with Crippen LogP contribution in [0.15, 0.2) is 48.6 Å². The highest BCUT2D eigenvalue weighted by Crippen LogP contribution is 2.32. The monoisotopic (exact) mass is 328 g/mol. The fourth-order valence-corrected chi connectivity index (χ4v) is 2.26. The van der Waals surface area contributed by atoms with E-state index in [0.29, 0.717) is 13.4 Å². The molecule has 0 saturated carbocycles. The highest BCUT2D eigenvalue weighted by molar-refractivity contribution is 5.82. The number of esters is 1. The summed E-state index contributed by atoms with van der Waals surface area (Å²) in [5, 5.41) is 0. The molecule has 1 aliphatic heterocycles. The predicted octanol–water partition coefficient (Wildman–Crippen LogP) is 4.66. The molecule has 4 heteroatoms. The minimum absolute atomic E-state index is 0.296. The van der Waals surface area contributed by atoms with Crippen molar-refractivity contribution in [3.05, 3.63) is 54.1 Å². The molecular formula is C20H24O4. The molecule has 1 heterocycles. The van der Waals surface area contributed by atoms with E-state index in [1.807, 2.05) is 24.3 Å². The molecule has 0 unspecified atom stereocenters. The van der Waals surface area contributed by atoms with Crippen molar-refractivity contribution >= 4 is 12.0 Å². The number of fused-ring (bicyclic) bond motifs is 1. The predicted molar refractivity (Wildman–Crippen MR) is 95.0 cm³/mol. The third-order valence-corrected chi connectivity index (χ3v) is 3.46. The first-order chi connectivity index (χ1) is 11.8. The Labute approximate surface area is 143 Å². The van der Waals surface area contributed by atoms with Gasteiger partial charge < -0.3 is 14.2 Å². The molecule has 4 nitrogen and oxygen atoms in total. The maximum absolute atomic E-state index is 11.1. The van der Waals surface area contributed by atoms with Gasteiger partial charge in [-0.3, -0.25) is 0 Å². The summed E-state index contributed by atoms with van der Waals surface area (Å²) in [5.74, 6) is 1.34. The molecule has 0 N–H and O–H groups in total. The SMILES string of the molecule is CCOC(=O)/C=C/C=C/CCCC/C=C/c1ccc2c(c1)OCO2. The van der Waals surface area contributed by atoms with Crippen molar-refractivity contribution in [2.75, 3.05) is 13.4 Å². The van der Waals surface area contributed by atoms with E-state index in [-0.39, 0.29) is 5.97 Å². The third kappa shape index (κ3) is 6.32. The smallest absolute Gasteiger partial charge is 0.330 e. The maximum atomic E-state index is 11.1. The Bertz CT molecular complexity index is 614. The van der Waals surface area contributed by atoms with E-state index in [1.54, 1.807) is 13.0 Å². The van der Waals surface area contributed by atoms with E-state index in [0.717, 1.165) is 42.7 Å². The maximum Gasteiger partial charge on any atom is 0.330 e. The van der Waals surface area contributed by atoms with Gasteiger partial charge in [0.2, 0.25) is 6.79 Å². The second-order valence-corrected chi connectivity index (χ2v) is 5.34. The Balaban J connectivity index is 1.57. The van der Waals surface area contributed by atoms with Crippen molar-refractivity contribution in [3.63, 3.8) is 0 Å². The molecule has 0 aromatic heterocycles. The third-order valence-electron chi connectivity index (χ3n) is 3.46. The van der Waals surface area contributed by atoms with Crippen LogP contribution in [0.4, 0.5) is 0 Å². The normalized spacial score (nSPS) is 13.4. The number of unbranched alkanes of at least 4 members (excludes halogenated alkanes) is 3. The van der Waals surface area contributed by atoms with Crippen LogP contribution in [0.1, 0.15) is 38.2 Å². The van der Waals surface area contributed by atoms with E-state index >= 15 is 0 Å². The van der Waals surface area contributed by atoms with Gasteiger partial charge in [-0.2, -0.15) is 0 Å². The molecule has 2 rings (SSSR count). The topological polar surface area (TPSA) is 44.8 Å².